The Morgan fingerprint density at radius 1 is 1.36 bits per heavy atom. The lowest BCUT2D eigenvalue weighted by Gasteiger charge is -2.16. The van der Waals surface area contributed by atoms with E-state index in [2.05, 4.69) is 15.2 Å². The summed E-state index contributed by atoms with van der Waals surface area (Å²) in [6.45, 7) is 2.74. The molecule has 1 amide bonds. The number of nitrogens with zero attached hydrogens (tertiary/aromatic N) is 3. The molecule has 0 spiro atoms. The van der Waals surface area contributed by atoms with Crippen LogP contribution in [0.5, 0.6) is 0 Å². The summed E-state index contributed by atoms with van der Waals surface area (Å²) in [5, 5.41) is 8.90. The minimum Gasteiger partial charge on any atom is -0.339 e. The molecule has 0 aliphatic heterocycles. The largest absolute Gasteiger partial charge is 0.408 e. The summed E-state index contributed by atoms with van der Waals surface area (Å²) in [6.07, 6.45) is -2.82. The van der Waals surface area contributed by atoms with Crippen molar-refractivity contribution in [3.8, 4) is 11.3 Å². The molecule has 0 unspecified atom stereocenters. The molecule has 132 valence electrons. The van der Waals surface area contributed by atoms with E-state index in [1.807, 2.05) is 29.9 Å². The van der Waals surface area contributed by atoms with Crippen molar-refractivity contribution in [3.05, 3.63) is 35.9 Å². The van der Waals surface area contributed by atoms with E-state index >= 15 is 0 Å². The van der Waals surface area contributed by atoms with Crippen molar-refractivity contribution in [3.63, 3.8) is 0 Å². The molecule has 0 aliphatic carbocycles. The number of nitrogens with one attached hydrogen (secondary N) is 2. The second-order valence-corrected chi connectivity index (χ2v) is 5.82. The molecule has 2 N–H and O–H groups in total. The van der Waals surface area contributed by atoms with Crippen LogP contribution >= 0.6 is 0 Å². The van der Waals surface area contributed by atoms with Crippen LogP contribution in [0.15, 0.2) is 24.4 Å². The van der Waals surface area contributed by atoms with Crippen LogP contribution in [0.4, 0.5) is 13.2 Å². The predicted octanol–water partition coefficient (Wildman–Crippen LogP) is 2.95. The van der Waals surface area contributed by atoms with Gasteiger partial charge in [0.2, 0.25) is 0 Å². The maximum Gasteiger partial charge on any atom is 0.408 e. The first kappa shape index (κ1) is 17.0. The average Bonchev–Trinajstić information content (AvgIpc) is 3.10. The summed E-state index contributed by atoms with van der Waals surface area (Å²) in [7, 11) is 1.86. The number of aromatic amines is 1. The highest BCUT2D eigenvalue weighted by molar-refractivity contribution is 6.05. The Hall–Kier alpha value is -2.84. The van der Waals surface area contributed by atoms with Crippen LogP contribution in [-0.2, 0) is 7.05 Å². The van der Waals surface area contributed by atoms with Crippen molar-refractivity contribution in [2.75, 3.05) is 0 Å². The third-order valence-electron chi connectivity index (χ3n) is 4.13. The zero-order valence-corrected chi connectivity index (χ0v) is 13.8. The van der Waals surface area contributed by atoms with E-state index in [9.17, 15) is 18.0 Å². The Bertz CT molecular complexity index is 941. The summed E-state index contributed by atoms with van der Waals surface area (Å²) in [5.74, 6) is -0.0614. The second-order valence-electron chi connectivity index (χ2n) is 5.82. The van der Waals surface area contributed by atoms with Crippen LogP contribution < -0.4 is 5.32 Å². The summed E-state index contributed by atoms with van der Waals surface area (Å²) in [6, 6.07) is 3.30. The van der Waals surface area contributed by atoms with Gasteiger partial charge in [-0.1, -0.05) is 6.07 Å². The number of halogens is 3. The van der Waals surface area contributed by atoms with E-state index in [0.717, 1.165) is 24.0 Å². The maximum atomic E-state index is 12.6. The van der Waals surface area contributed by atoms with Crippen LogP contribution in [0.25, 0.3) is 22.2 Å². The zero-order chi connectivity index (χ0) is 18.4. The van der Waals surface area contributed by atoms with E-state index < -0.39 is 18.1 Å². The Labute approximate surface area is 141 Å². The summed E-state index contributed by atoms with van der Waals surface area (Å²) >= 11 is 0. The number of rotatable bonds is 3. The van der Waals surface area contributed by atoms with Crippen LogP contribution in [0.3, 0.4) is 0 Å². The Morgan fingerprint density at radius 3 is 2.68 bits per heavy atom. The number of fused-ring (bicyclic) bond motifs is 1. The third kappa shape index (κ3) is 3.09. The van der Waals surface area contributed by atoms with E-state index in [1.165, 1.54) is 0 Å². The molecule has 3 aromatic rings. The van der Waals surface area contributed by atoms with Gasteiger partial charge in [-0.15, -0.1) is 0 Å². The number of carbonyl (C=O) groups is 1. The highest BCUT2D eigenvalue weighted by atomic mass is 19.4. The monoisotopic (exact) mass is 351 g/mol. The molecule has 3 rings (SSSR count). The number of alkyl halides is 3. The van der Waals surface area contributed by atoms with Crippen molar-refractivity contribution in [2.24, 2.45) is 7.05 Å². The predicted molar refractivity (Wildman–Crippen MR) is 86.0 cm³/mol. The number of imidazole rings is 1. The number of hydrogen-bond donors (Lipinski definition) is 2. The Kier molecular flexibility index (Phi) is 4.02. The fourth-order valence-electron chi connectivity index (χ4n) is 2.46. The van der Waals surface area contributed by atoms with Gasteiger partial charge in [-0.3, -0.25) is 9.89 Å². The third-order valence-corrected chi connectivity index (χ3v) is 4.13. The lowest BCUT2D eigenvalue weighted by Crippen LogP contribution is -2.43. The molecule has 0 aliphatic rings. The lowest BCUT2D eigenvalue weighted by molar-refractivity contribution is -0.149. The lowest BCUT2D eigenvalue weighted by atomic mass is 10.1. The van der Waals surface area contributed by atoms with Crippen LogP contribution in [0, 0.1) is 6.92 Å². The van der Waals surface area contributed by atoms with Gasteiger partial charge < -0.3 is 9.88 Å². The second kappa shape index (κ2) is 5.91. The molecule has 0 radical (unpaired) electrons. The highest BCUT2D eigenvalue weighted by Crippen LogP contribution is 2.26. The van der Waals surface area contributed by atoms with Crippen LogP contribution in [0.1, 0.15) is 23.2 Å². The van der Waals surface area contributed by atoms with Crippen LogP contribution in [-0.4, -0.2) is 37.9 Å². The van der Waals surface area contributed by atoms with Crippen molar-refractivity contribution >= 4 is 16.8 Å². The Balaban J connectivity index is 1.99. The summed E-state index contributed by atoms with van der Waals surface area (Å²) < 4.78 is 39.8. The highest BCUT2D eigenvalue weighted by Gasteiger charge is 2.37. The van der Waals surface area contributed by atoms with Crippen molar-refractivity contribution in [1.82, 2.24) is 25.1 Å². The molecule has 25 heavy (non-hydrogen) atoms. The first-order valence-electron chi connectivity index (χ1n) is 7.53. The SMILES string of the molecule is Cc1ncc(-c2ccc3[nH]nc(C(=O)N[C@@H](C)C(F)(F)F)c3c2)n1C. The number of carbonyl (C=O) groups excluding carboxylic acids is 1. The van der Waals surface area contributed by atoms with E-state index in [-0.39, 0.29) is 5.69 Å². The van der Waals surface area contributed by atoms with Gasteiger partial charge in [0, 0.05) is 18.0 Å². The molecule has 1 aromatic carbocycles. The maximum absolute atomic E-state index is 12.6. The molecule has 0 saturated heterocycles. The fraction of sp³-hybridized carbons (Fsp3) is 0.312. The molecule has 1 atom stereocenters. The topological polar surface area (TPSA) is 75.6 Å². The number of aryl methyl sites for hydroxylation is 1. The smallest absolute Gasteiger partial charge is 0.339 e. The average molecular weight is 351 g/mol. The molecule has 2 heterocycles. The van der Waals surface area contributed by atoms with Gasteiger partial charge in [-0.05, 0) is 26.0 Å². The fourth-order valence-corrected chi connectivity index (χ4v) is 2.46. The quantitative estimate of drug-likeness (QED) is 0.762. The van der Waals surface area contributed by atoms with Gasteiger partial charge in [0.15, 0.2) is 5.69 Å². The molecule has 0 fully saturated rings. The number of H-pyrrole nitrogens is 1. The van der Waals surface area contributed by atoms with Gasteiger partial charge in [-0.25, -0.2) is 4.98 Å². The molecular weight excluding hydrogens is 335 g/mol. The molecule has 2 aromatic heterocycles. The number of amides is 1. The van der Waals surface area contributed by atoms with Crippen molar-refractivity contribution < 1.29 is 18.0 Å². The first-order chi connectivity index (χ1) is 11.7. The summed E-state index contributed by atoms with van der Waals surface area (Å²) in [5.41, 5.74) is 2.10. The van der Waals surface area contributed by atoms with Gasteiger partial charge in [0.1, 0.15) is 11.9 Å². The molecule has 6 nitrogen and oxygen atoms in total. The van der Waals surface area contributed by atoms with E-state index in [1.54, 1.807) is 18.3 Å². The zero-order valence-electron chi connectivity index (χ0n) is 13.8. The molecular formula is C16H16F3N5O. The molecule has 9 heteroatoms. The number of benzene rings is 1. The number of aromatic nitrogens is 4. The van der Waals surface area contributed by atoms with Crippen molar-refractivity contribution in [1.29, 1.82) is 0 Å². The molecule has 0 saturated carbocycles. The van der Waals surface area contributed by atoms with Gasteiger partial charge >= 0.3 is 6.18 Å². The van der Waals surface area contributed by atoms with Gasteiger partial charge in [0.25, 0.3) is 5.91 Å². The summed E-state index contributed by atoms with van der Waals surface area (Å²) in [4.78, 5) is 16.4. The normalized spacial score (nSPS) is 13.2. The number of hydrogen-bond acceptors (Lipinski definition) is 3. The van der Waals surface area contributed by atoms with Crippen LogP contribution in [0.2, 0.25) is 0 Å². The van der Waals surface area contributed by atoms with E-state index in [4.69, 9.17) is 0 Å². The minimum absolute atomic E-state index is 0.0770. The van der Waals surface area contributed by atoms with E-state index in [0.29, 0.717) is 10.9 Å². The Morgan fingerprint density at radius 2 is 2.08 bits per heavy atom. The first-order valence-corrected chi connectivity index (χ1v) is 7.53. The van der Waals surface area contributed by atoms with Gasteiger partial charge in [-0.2, -0.15) is 18.3 Å². The standard InChI is InChI=1S/C16H16F3N5O/c1-8(16(17,18)19)21-15(25)14-11-6-10(4-5-12(11)22-23-14)13-7-20-9(2)24(13)3/h4-8H,1-3H3,(H,21,25)(H,22,23)/t8-/m0/s1. The van der Waals surface area contributed by atoms with Crippen molar-refractivity contribution in [2.45, 2.75) is 26.1 Å². The minimum atomic E-state index is -4.51. The molecule has 0 bridgehead atoms. The van der Waals surface area contributed by atoms with Gasteiger partial charge in [0.05, 0.1) is 17.4 Å².